The molecule has 1 atom stereocenters. The van der Waals surface area contributed by atoms with E-state index in [0.717, 1.165) is 5.69 Å². The van der Waals surface area contributed by atoms with Gasteiger partial charge < -0.3 is 14.5 Å². The van der Waals surface area contributed by atoms with Crippen LogP contribution in [0, 0.1) is 6.92 Å². The molecule has 9 nitrogen and oxygen atoms in total. The summed E-state index contributed by atoms with van der Waals surface area (Å²) in [6, 6.07) is 10.7. The number of carbonyl (C=O) groups excluding carboxylic acids is 1. The van der Waals surface area contributed by atoms with Crippen molar-refractivity contribution in [2.24, 2.45) is 0 Å². The molecule has 0 aliphatic carbocycles. The Morgan fingerprint density at radius 1 is 1.16 bits per heavy atom. The van der Waals surface area contributed by atoms with E-state index in [9.17, 15) is 9.59 Å². The number of aromatic amines is 1. The number of hydrogen-bond donors (Lipinski definition) is 1. The molecule has 0 amide bonds. The zero-order valence-electron chi connectivity index (χ0n) is 17.7. The molecular formula is C22H24N6O3. The van der Waals surface area contributed by atoms with Crippen molar-refractivity contribution in [3.8, 4) is 11.4 Å². The molecule has 9 heteroatoms. The Bertz CT molecular complexity index is 1160. The number of aryl methyl sites for hydroxylation is 1. The lowest BCUT2D eigenvalue weighted by atomic mass is 10.1. The first-order valence-electron chi connectivity index (χ1n) is 10.1. The summed E-state index contributed by atoms with van der Waals surface area (Å²) in [4.78, 5) is 44.7. The van der Waals surface area contributed by atoms with E-state index >= 15 is 0 Å². The van der Waals surface area contributed by atoms with E-state index in [0.29, 0.717) is 48.4 Å². The lowest BCUT2D eigenvalue weighted by Gasteiger charge is -2.41. The van der Waals surface area contributed by atoms with Crippen LogP contribution in [0.25, 0.3) is 11.4 Å². The van der Waals surface area contributed by atoms with Crippen LogP contribution in [-0.4, -0.2) is 58.7 Å². The largest absolute Gasteiger partial charge is 0.465 e. The second kappa shape index (κ2) is 8.55. The highest BCUT2D eigenvalue weighted by atomic mass is 16.5. The molecule has 0 radical (unpaired) electrons. The number of carbonyl (C=O) groups is 1. The molecule has 31 heavy (non-hydrogen) atoms. The molecule has 1 saturated heterocycles. The lowest BCUT2D eigenvalue weighted by molar-refractivity contribution is 0.0601. The Labute approximate surface area is 179 Å². The van der Waals surface area contributed by atoms with Gasteiger partial charge in [0.25, 0.3) is 5.56 Å². The molecule has 0 unspecified atom stereocenters. The Morgan fingerprint density at radius 2 is 1.97 bits per heavy atom. The van der Waals surface area contributed by atoms with Gasteiger partial charge in [0.15, 0.2) is 0 Å². The number of ether oxygens (including phenoxy) is 1. The first-order valence-corrected chi connectivity index (χ1v) is 10.1. The quantitative estimate of drug-likeness (QED) is 0.640. The summed E-state index contributed by atoms with van der Waals surface area (Å²) in [5.74, 6) is 0.768. The Balaban J connectivity index is 1.59. The number of H-pyrrole nitrogens is 1. The van der Waals surface area contributed by atoms with Gasteiger partial charge in [-0.1, -0.05) is 12.1 Å². The Kier molecular flexibility index (Phi) is 5.66. The Morgan fingerprint density at radius 3 is 2.71 bits per heavy atom. The topological polar surface area (TPSA) is 104 Å². The number of anilines is 2. The van der Waals surface area contributed by atoms with Gasteiger partial charge in [-0.3, -0.25) is 9.78 Å². The third kappa shape index (κ3) is 4.25. The normalized spacial score (nSPS) is 16.3. The standard InChI is InChI=1S/C22H24N6O3/c1-14-13-27(19-7-5-4-6-16(19)21(30)31-3)10-11-28(14)22-25-18(12-20(29)26-22)17-8-9-23-15(2)24-17/h4-9,12,14H,10-11,13H2,1-3H3,(H,25,26,29)/t14-/m1/s1. The Hall–Kier alpha value is -3.75. The van der Waals surface area contributed by atoms with Crippen molar-refractivity contribution in [1.29, 1.82) is 0 Å². The number of hydrogen-bond acceptors (Lipinski definition) is 8. The van der Waals surface area contributed by atoms with Crippen LogP contribution in [0.5, 0.6) is 0 Å². The monoisotopic (exact) mass is 420 g/mol. The summed E-state index contributed by atoms with van der Waals surface area (Å²) in [5, 5.41) is 0. The second-order valence-corrected chi connectivity index (χ2v) is 7.44. The third-order valence-corrected chi connectivity index (χ3v) is 5.32. The number of nitrogens with zero attached hydrogens (tertiary/aromatic N) is 5. The average Bonchev–Trinajstić information content (AvgIpc) is 2.78. The van der Waals surface area contributed by atoms with Crippen molar-refractivity contribution in [3.05, 3.63) is 64.3 Å². The van der Waals surface area contributed by atoms with Crippen molar-refractivity contribution in [2.45, 2.75) is 19.9 Å². The highest BCUT2D eigenvalue weighted by molar-refractivity contribution is 5.95. The van der Waals surface area contributed by atoms with Crippen LogP contribution in [0.3, 0.4) is 0 Å². The number of rotatable bonds is 4. The molecule has 1 aromatic carbocycles. The SMILES string of the molecule is COC(=O)c1ccccc1N1CCN(c2nc(-c3ccnc(C)n3)cc(=O)[nH]2)[C@H](C)C1. The summed E-state index contributed by atoms with van der Waals surface area (Å²) < 4.78 is 4.93. The smallest absolute Gasteiger partial charge is 0.339 e. The first kappa shape index (κ1) is 20.5. The number of aromatic nitrogens is 4. The zero-order valence-corrected chi connectivity index (χ0v) is 17.7. The summed E-state index contributed by atoms with van der Waals surface area (Å²) in [6.45, 7) is 5.82. The van der Waals surface area contributed by atoms with Crippen LogP contribution < -0.4 is 15.4 Å². The predicted octanol–water partition coefficient (Wildman–Crippen LogP) is 2.04. The van der Waals surface area contributed by atoms with E-state index in [1.54, 1.807) is 25.3 Å². The van der Waals surface area contributed by atoms with E-state index in [1.807, 2.05) is 18.2 Å². The van der Waals surface area contributed by atoms with Crippen molar-refractivity contribution in [1.82, 2.24) is 19.9 Å². The molecule has 160 valence electrons. The highest BCUT2D eigenvalue weighted by Gasteiger charge is 2.28. The first-order chi connectivity index (χ1) is 15.0. The van der Waals surface area contributed by atoms with E-state index in [-0.39, 0.29) is 17.6 Å². The molecule has 0 spiro atoms. The van der Waals surface area contributed by atoms with Crippen LogP contribution in [0.15, 0.2) is 47.4 Å². The third-order valence-electron chi connectivity index (χ3n) is 5.32. The number of methoxy groups -OCH3 is 1. The molecule has 1 fully saturated rings. The summed E-state index contributed by atoms with van der Waals surface area (Å²) >= 11 is 0. The summed E-state index contributed by atoms with van der Waals surface area (Å²) in [6.07, 6.45) is 1.65. The summed E-state index contributed by atoms with van der Waals surface area (Å²) in [5.41, 5.74) is 2.26. The highest BCUT2D eigenvalue weighted by Crippen LogP contribution is 2.26. The van der Waals surface area contributed by atoms with Gasteiger partial charge >= 0.3 is 5.97 Å². The lowest BCUT2D eigenvalue weighted by Crippen LogP contribution is -2.53. The molecule has 0 saturated carbocycles. The van der Waals surface area contributed by atoms with Gasteiger partial charge in [0, 0.05) is 37.9 Å². The van der Waals surface area contributed by atoms with Gasteiger partial charge in [0.2, 0.25) is 5.95 Å². The van der Waals surface area contributed by atoms with Crippen molar-refractivity contribution in [2.75, 3.05) is 36.5 Å². The molecule has 1 N–H and O–H groups in total. The minimum atomic E-state index is -0.357. The van der Waals surface area contributed by atoms with Crippen LogP contribution >= 0.6 is 0 Å². The van der Waals surface area contributed by atoms with Crippen molar-refractivity contribution >= 4 is 17.6 Å². The number of para-hydroxylation sites is 1. The fraction of sp³-hybridized carbons (Fsp3) is 0.318. The van der Waals surface area contributed by atoms with Gasteiger partial charge in [-0.25, -0.2) is 19.7 Å². The number of nitrogens with one attached hydrogen (secondary N) is 1. The van der Waals surface area contributed by atoms with Gasteiger partial charge in [0.1, 0.15) is 5.82 Å². The van der Waals surface area contributed by atoms with E-state index in [4.69, 9.17) is 4.74 Å². The van der Waals surface area contributed by atoms with Crippen LogP contribution in [-0.2, 0) is 4.74 Å². The van der Waals surface area contributed by atoms with Crippen LogP contribution in [0.2, 0.25) is 0 Å². The number of benzene rings is 1. The van der Waals surface area contributed by atoms with Crippen molar-refractivity contribution < 1.29 is 9.53 Å². The zero-order chi connectivity index (χ0) is 22.0. The fourth-order valence-electron chi connectivity index (χ4n) is 3.83. The predicted molar refractivity (Wildman–Crippen MR) is 117 cm³/mol. The molecule has 4 rings (SSSR count). The van der Waals surface area contributed by atoms with Crippen LogP contribution in [0.4, 0.5) is 11.6 Å². The molecule has 2 aromatic heterocycles. The molecular weight excluding hydrogens is 396 g/mol. The molecule has 3 aromatic rings. The van der Waals surface area contributed by atoms with Gasteiger partial charge in [-0.05, 0) is 32.0 Å². The van der Waals surface area contributed by atoms with E-state index in [2.05, 4.69) is 36.7 Å². The summed E-state index contributed by atoms with van der Waals surface area (Å²) in [7, 11) is 1.38. The second-order valence-electron chi connectivity index (χ2n) is 7.44. The molecule has 0 bridgehead atoms. The van der Waals surface area contributed by atoms with Gasteiger partial charge in [0.05, 0.1) is 29.7 Å². The number of piperazine rings is 1. The van der Waals surface area contributed by atoms with Gasteiger partial charge in [-0.2, -0.15) is 0 Å². The maximum atomic E-state index is 12.3. The molecule has 1 aliphatic rings. The van der Waals surface area contributed by atoms with E-state index in [1.165, 1.54) is 13.2 Å². The van der Waals surface area contributed by atoms with E-state index < -0.39 is 0 Å². The molecule has 1 aliphatic heterocycles. The van der Waals surface area contributed by atoms with Gasteiger partial charge in [-0.15, -0.1) is 0 Å². The fourth-order valence-corrected chi connectivity index (χ4v) is 3.83. The minimum absolute atomic E-state index is 0.0463. The maximum Gasteiger partial charge on any atom is 0.339 e. The van der Waals surface area contributed by atoms with Crippen molar-refractivity contribution in [3.63, 3.8) is 0 Å². The molecule has 3 heterocycles. The van der Waals surface area contributed by atoms with Crippen LogP contribution in [0.1, 0.15) is 23.1 Å². The minimum Gasteiger partial charge on any atom is -0.465 e. The average molecular weight is 420 g/mol. The maximum absolute atomic E-state index is 12.3. The number of esters is 1.